The van der Waals surface area contributed by atoms with Crippen molar-refractivity contribution in [2.75, 3.05) is 18.4 Å². The third-order valence-electron chi connectivity index (χ3n) is 6.27. The molecule has 0 atom stereocenters. The quantitative estimate of drug-likeness (QED) is 0.447. The van der Waals surface area contributed by atoms with Gasteiger partial charge in [0, 0.05) is 35.5 Å². The van der Waals surface area contributed by atoms with Gasteiger partial charge in [0.1, 0.15) is 0 Å². The molecule has 0 unspecified atom stereocenters. The van der Waals surface area contributed by atoms with Gasteiger partial charge in [0.2, 0.25) is 0 Å². The van der Waals surface area contributed by atoms with E-state index in [0.29, 0.717) is 16.8 Å². The Labute approximate surface area is 198 Å². The van der Waals surface area contributed by atoms with Crippen molar-refractivity contribution in [1.29, 1.82) is 0 Å². The number of rotatable bonds is 5. The summed E-state index contributed by atoms with van der Waals surface area (Å²) < 4.78 is 1.83. The zero-order valence-corrected chi connectivity index (χ0v) is 19.1. The Kier molecular flexibility index (Phi) is 5.95. The van der Waals surface area contributed by atoms with Crippen LogP contribution in [0.2, 0.25) is 0 Å². The van der Waals surface area contributed by atoms with Crippen molar-refractivity contribution < 1.29 is 9.59 Å². The predicted molar refractivity (Wildman–Crippen MR) is 133 cm³/mol. The van der Waals surface area contributed by atoms with Gasteiger partial charge in [-0.05, 0) is 61.7 Å². The highest BCUT2D eigenvalue weighted by atomic mass is 16.2. The molecule has 0 saturated carbocycles. The summed E-state index contributed by atoms with van der Waals surface area (Å²) in [6, 6.07) is 24.8. The first-order chi connectivity index (χ1) is 16.6. The van der Waals surface area contributed by atoms with Crippen molar-refractivity contribution in [2.45, 2.75) is 19.8 Å². The lowest BCUT2D eigenvalue weighted by Crippen LogP contribution is -2.28. The molecule has 34 heavy (non-hydrogen) atoms. The van der Waals surface area contributed by atoms with E-state index in [1.54, 1.807) is 12.3 Å². The fraction of sp³-hybridized carbons (Fsp3) is 0.179. The number of likely N-dealkylation sites (tertiary alicyclic amines) is 1. The lowest BCUT2D eigenvalue weighted by Gasteiger charge is -2.18. The van der Waals surface area contributed by atoms with E-state index in [-0.39, 0.29) is 11.8 Å². The van der Waals surface area contributed by atoms with Gasteiger partial charge in [-0.3, -0.25) is 9.59 Å². The molecule has 6 heteroatoms. The van der Waals surface area contributed by atoms with E-state index in [1.807, 2.05) is 89.3 Å². The van der Waals surface area contributed by atoms with Crippen LogP contribution in [0.15, 0.2) is 85.1 Å². The van der Waals surface area contributed by atoms with Crippen LogP contribution in [0.3, 0.4) is 0 Å². The highest BCUT2D eigenvalue weighted by Gasteiger charge is 2.22. The molecule has 1 aliphatic heterocycles. The summed E-state index contributed by atoms with van der Waals surface area (Å²) in [7, 11) is 0. The van der Waals surface area contributed by atoms with Gasteiger partial charge in [0.15, 0.2) is 0 Å². The molecule has 170 valence electrons. The average molecular weight is 451 g/mol. The highest BCUT2D eigenvalue weighted by molar-refractivity contribution is 6.06. The number of nitrogens with zero attached hydrogens (tertiary/aromatic N) is 3. The zero-order chi connectivity index (χ0) is 23.5. The number of hydrogen-bond acceptors (Lipinski definition) is 3. The smallest absolute Gasteiger partial charge is 0.255 e. The van der Waals surface area contributed by atoms with Crippen LogP contribution in [0.25, 0.3) is 16.9 Å². The predicted octanol–water partition coefficient (Wildman–Crippen LogP) is 5.34. The van der Waals surface area contributed by atoms with Crippen molar-refractivity contribution in [1.82, 2.24) is 14.7 Å². The molecule has 1 aliphatic rings. The summed E-state index contributed by atoms with van der Waals surface area (Å²) in [5, 5.41) is 7.46. The molecule has 1 aromatic heterocycles. The molecule has 3 aromatic carbocycles. The number of carbonyl (C=O) groups is 2. The first-order valence-corrected chi connectivity index (χ1v) is 11.5. The molecular formula is C28H26N4O2. The molecule has 1 fully saturated rings. The second-order valence-corrected chi connectivity index (χ2v) is 8.48. The molecule has 0 radical (unpaired) electrons. The first kappa shape index (κ1) is 21.6. The molecule has 1 saturated heterocycles. The lowest BCUT2D eigenvalue weighted by atomic mass is 10.0. The van der Waals surface area contributed by atoms with Gasteiger partial charge in [0.05, 0.1) is 17.6 Å². The van der Waals surface area contributed by atoms with Crippen molar-refractivity contribution in [3.63, 3.8) is 0 Å². The van der Waals surface area contributed by atoms with Crippen LogP contribution in [-0.2, 0) is 0 Å². The number of anilines is 1. The summed E-state index contributed by atoms with van der Waals surface area (Å²) in [4.78, 5) is 27.9. The number of amides is 2. The van der Waals surface area contributed by atoms with Gasteiger partial charge in [-0.25, -0.2) is 4.68 Å². The average Bonchev–Trinajstić information content (AvgIpc) is 3.58. The van der Waals surface area contributed by atoms with E-state index in [0.717, 1.165) is 48.4 Å². The molecule has 2 heterocycles. The Hall–Kier alpha value is -4.19. The molecule has 0 bridgehead atoms. The normalized spacial score (nSPS) is 13.1. The second-order valence-electron chi connectivity index (χ2n) is 8.48. The van der Waals surface area contributed by atoms with Gasteiger partial charge < -0.3 is 10.2 Å². The first-order valence-electron chi connectivity index (χ1n) is 11.5. The minimum absolute atomic E-state index is 0.0280. The number of carbonyl (C=O) groups excluding carboxylic acids is 2. The van der Waals surface area contributed by atoms with Gasteiger partial charge in [-0.2, -0.15) is 5.10 Å². The van der Waals surface area contributed by atoms with E-state index in [4.69, 9.17) is 0 Å². The van der Waals surface area contributed by atoms with Crippen LogP contribution in [0, 0.1) is 6.92 Å². The standard InChI is InChI=1S/C28H26N4O2/c1-20-24(28(34)31-17-5-6-18-31)13-8-14-25(20)30-27(33)22-11-7-12-23(19-22)32-26(15-16-29-32)21-9-3-2-4-10-21/h2-4,7-16,19H,5-6,17-18H2,1H3,(H,30,33). The summed E-state index contributed by atoms with van der Waals surface area (Å²) in [5.74, 6) is -0.204. The molecule has 0 spiro atoms. The second kappa shape index (κ2) is 9.35. The van der Waals surface area contributed by atoms with E-state index >= 15 is 0 Å². The maximum absolute atomic E-state index is 13.1. The van der Waals surface area contributed by atoms with Crippen LogP contribution in [0.4, 0.5) is 5.69 Å². The summed E-state index contributed by atoms with van der Waals surface area (Å²) >= 11 is 0. The van der Waals surface area contributed by atoms with Crippen LogP contribution >= 0.6 is 0 Å². The topological polar surface area (TPSA) is 67.2 Å². The molecule has 4 aromatic rings. The Morgan fingerprint density at radius 2 is 1.65 bits per heavy atom. The third-order valence-corrected chi connectivity index (χ3v) is 6.27. The maximum atomic E-state index is 13.1. The van der Waals surface area contributed by atoms with Crippen molar-refractivity contribution >= 4 is 17.5 Å². The minimum Gasteiger partial charge on any atom is -0.339 e. The van der Waals surface area contributed by atoms with Crippen molar-refractivity contribution in [2.24, 2.45) is 0 Å². The van der Waals surface area contributed by atoms with Crippen LogP contribution in [0.5, 0.6) is 0 Å². The Morgan fingerprint density at radius 3 is 2.44 bits per heavy atom. The Morgan fingerprint density at radius 1 is 0.882 bits per heavy atom. The Balaban J connectivity index is 1.39. The Bertz CT molecular complexity index is 1340. The summed E-state index contributed by atoms with van der Waals surface area (Å²) in [5.41, 5.74) is 5.37. The van der Waals surface area contributed by atoms with Crippen molar-refractivity contribution in [3.8, 4) is 16.9 Å². The number of aromatic nitrogens is 2. The largest absolute Gasteiger partial charge is 0.339 e. The van der Waals surface area contributed by atoms with E-state index in [2.05, 4.69) is 10.4 Å². The van der Waals surface area contributed by atoms with E-state index < -0.39 is 0 Å². The number of nitrogens with one attached hydrogen (secondary N) is 1. The molecule has 0 aliphatic carbocycles. The number of hydrogen-bond donors (Lipinski definition) is 1. The molecule has 1 N–H and O–H groups in total. The fourth-order valence-corrected chi connectivity index (χ4v) is 4.40. The summed E-state index contributed by atoms with van der Waals surface area (Å²) in [6.07, 6.45) is 3.83. The van der Waals surface area contributed by atoms with Crippen molar-refractivity contribution in [3.05, 3.63) is 102 Å². The van der Waals surface area contributed by atoms with Gasteiger partial charge >= 0.3 is 0 Å². The van der Waals surface area contributed by atoms with Crippen LogP contribution in [0.1, 0.15) is 39.1 Å². The maximum Gasteiger partial charge on any atom is 0.255 e. The molecular weight excluding hydrogens is 424 g/mol. The molecule has 2 amide bonds. The zero-order valence-electron chi connectivity index (χ0n) is 19.1. The van der Waals surface area contributed by atoms with E-state index in [9.17, 15) is 9.59 Å². The van der Waals surface area contributed by atoms with Gasteiger partial charge in [-0.1, -0.05) is 42.5 Å². The monoisotopic (exact) mass is 450 g/mol. The minimum atomic E-state index is -0.232. The van der Waals surface area contributed by atoms with Crippen LogP contribution < -0.4 is 5.32 Å². The number of benzene rings is 3. The highest BCUT2D eigenvalue weighted by Crippen LogP contribution is 2.25. The third kappa shape index (κ3) is 4.22. The van der Waals surface area contributed by atoms with Gasteiger partial charge in [0.25, 0.3) is 11.8 Å². The summed E-state index contributed by atoms with van der Waals surface area (Å²) in [6.45, 7) is 3.46. The van der Waals surface area contributed by atoms with Crippen LogP contribution in [-0.4, -0.2) is 39.6 Å². The van der Waals surface area contributed by atoms with Gasteiger partial charge in [-0.15, -0.1) is 0 Å². The SMILES string of the molecule is Cc1c(NC(=O)c2cccc(-n3nccc3-c3ccccc3)c2)cccc1C(=O)N1CCCC1. The lowest BCUT2D eigenvalue weighted by molar-refractivity contribution is 0.0791. The molecule has 5 rings (SSSR count). The van der Waals surface area contributed by atoms with E-state index in [1.165, 1.54) is 0 Å². The molecule has 6 nitrogen and oxygen atoms in total. The fourth-order valence-electron chi connectivity index (χ4n) is 4.40.